The number of nitrogens with two attached hydrogens (primary N) is 1. The Morgan fingerprint density at radius 3 is 2.33 bits per heavy atom. The Morgan fingerprint density at radius 2 is 1.81 bits per heavy atom. The van der Waals surface area contributed by atoms with Gasteiger partial charge in [-0.05, 0) is 36.4 Å². The Balaban J connectivity index is 2.01. The Bertz CT molecular complexity index is 568. The minimum atomic E-state index is -4.38. The molecule has 21 heavy (non-hydrogen) atoms. The van der Waals surface area contributed by atoms with Crippen molar-refractivity contribution in [1.29, 1.82) is 0 Å². The largest absolute Gasteiger partial charge is 0.492 e. The first-order valence-corrected chi connectivity index (χ1v) is 6.22. The van der Waals surface area contributed by atoms with E-state index in [1.54, 1.807) is 24.3 Å². The topological polar surface area (TPSA) is 60.2 Å². The highest BCUT2D eigenvalue weighted by Crippen LogP contribution is 2.29. The van der Waals surface area contributed by atoms with Gasteiger partial charge in [0.25, 0.3) is 0 Å². The van der Waals surface area contributed by atoms with Gasteiger partial charge >= 0.3 is 6.18 Å². The highest BCUT2D eigenvalue weighted by molar-refractivity contribution is 5.57. The lowest BCUT2D eigenvalue weighted by molar-refractivity contribution is -0.137. The highest BCUT2D eigenvalue weighted by atomic mass is 19.4. The third-order valence-electron chi connectivity index (χ3n) is 2.60. The number of nitrogens with zero attached hydrogens (tertiary/aromatic N) is 1. The monoisotopic (exact) mass is 297 g/mol. The van der Waals surface area contributed by atoms with Crippen LogP contribution in [0.15, 0.2) is 42.6 Å². The summed E-state index contributed by atoms with van der Waals surface area (Å²) >= 11 is 0. The summed E-state index contributed by atoms with van der Waals surface area (Å²) in [5.74, 6) is 1.00. The smallest absolute Gasteiger partial charge is 0.417 e. The molecule has 1 heterocycles. The van der Waals surface area contributed by atoms with Gasteiger partial charge in [0.1, 0.15) is 18.2 Å². The summed E-state index contributed by atoms with van der Waals surface area (Å²) in [5, 5.41) is 2.91. The average Bonchev–Trinajstić information content (AvgIpc) is 2.46. The number of hydrogen-bond acceptors (Lipinski definition) is 4. The summed E-state index contributed by atoms with van der Waals surface area (Å²) in [4.78, 5) is 3.73. The summed E-state index contributed by atoms with van der Waals surface area (Å²) < 4.78 is 42.5. The molecule has 0 unspecified atom stereocenters. The first kappa shape index (κ1) is 15.1. The number of halogens is 3. The summed E-state index contributed by atoms with van der Waals surface area (Å²) in [6, 6.07) is 9.22. The van der Waals surface area contributed by atoms with Crippen LogP contribution in [0.2, 0.25) is 0 Å². The number of rotatable bonds is 5. The fourth-order valence-electron chi connectivity index (χ4n) is 1.59. The lowest BCUT2D eigenvalue weighted by atomic mass is 10.2. The first-order valence-electron chi connectivity index (χ1n) is 6.22. The zero-order valence-electron chi connectivity index (χ0n) is 11.0. The zero-order chi connectivity index (χ0) is 15.3. The van der Waals surface area contributed by atoms with Crippen LogP contribution < -0.4 is 15.8 Å². The molecule has 0 aliphatic rings. The number of pyridine rings is 1. The van der Waals surface area contributed by atoms with E-state index in [0.29, 0.717) is 30.4 Å². The van der Waals surface area contributed by atoms with Crippen molar-refractivity contribution in [2.75, 3.05) is 18.5 Å². The Morgan fingerprint density at radius 1 is 1.10 bits per heavy atom. The molecule has 0 aliphatic carbocycles. The Hall–Kier alpha value is -2.28. The van der Waals surface area contributed by atoms with Crippen molar-refractivity contribution in [2.45, 2.75) is 6.18 Å². The summed E-state index contributed by atoms with van der Waals surface area (Å²) in [7, 11) is 0. The fourth-order valence-corrected chi connectivity index (χ4v) is 1.59. The van der Waals surface area contributed by atoms with Gasteiger partial charge in [-0.2, -0.15) is 13.2 Å². The van der Waals surface area contributed by atoms with Crippen molar-refractivity contribution >= 4 is 11.5 Å². The van der Waals surface area contributed by atoms with Gasteiger partial charge in [0, 0.05) is 18.4 Å². The summed E-state index contributed by atoms with van der Waals surface area (Å²) in [6.45, 7) is 0.850. The van der Waals surface area contributed by atoms with Crippen LogP contribution in [0.5, 0.6) is 5.75 Å². The number of hydrogen-bond donors (Lipinski definition) is 2. The van der Waals surface area contributed by atoms with Gasteiger partial charge in [-0.25, -0.2) is 4.98 Å². The van der Waals surface area contributed by atoms with Gasteiger partial charge in [-0.1, -0.05) is 0 Å². The van der Waals surface area contributed by atoms with E-state index < -0.39 is 11.7 Å². The molecule has 0 saturated carbocycles. The lowest BCUT2D eigenvalue weighted by Gasteiger charge is -2.09. The van der Waals surface area contributed by atoms with Crippen LogP contribution in [0.1, 0.15) is 5.56 Å². The Kier molecular flexibility index (Phi) is 4.64. The average molecular weight is 297 g/mol. The number of benzene rings is 1. The molecular formula is C14H14F3N3O. The van der Waals surface area contributed by atoms with Gasteiger partial charge in [0.15, 0.2) is 0 Å². The van der Waals surface area contributed by atoms with Gasteiger partial charge in [0.2, 0.25) is 0 Å². The van der Waals surface area contributed by atoms with E-state index in [1.165, 1.54) is 6.07 Å². The van der Waals surface area contributed by atoms with Crippen LogP contribution in [0.4, 0.5) is 24.7 Å². The van der Waals surface area contributed by atoms with E-state index in [1.807, 2.05) is 0 Å². The molecule has 0 spiro atoms. The standard InChI is InChI=1S/C14H14F3N3O/c15-14(16,17)10-1-6-13(19-9-10)20-11-2-4-12(5-3-11)21-8-7-18/h1-6,9H,7-8,18H2,(H,19,20). The molecule has 0 radical (unpaired) electrons. The maximum Gasteiger partial charge on any atom is 0.417 e. The van der Waals surface area contributed by atoms with E-state index >= 15 is 0 Å². The van der Waals surface area contributed by atoms with Gasteiger partial charge in [-0.15, -0.1) is 0 Å². The molecular weight excluding hydrogens is 283 g/mol. The molecule has 0 fully saturated rings. The van der Waals surface area contributed by atoms with E-state index in [4.69, 9.17) is 10.5 Å². The number of aromatic nitrogens is 1. The van der Waals surface area contributed by atoms with Crippen molar-refractivity contribution in [3.63, 3.8) is 0 Å². The maximum absolute atomic E-state index is 12.4. The van der Waals surface area contributed by atoms with Crippen LogP contribution in [0.3, 0.4) is 0 Å². The molecule has 0 atom stereocenters. The predicted molar refractivity (Wildman–Crippen MR) is 73.5 cm³/mol. The SMILES string of the molecule is NCCOc1ccc(Nc2ccc(C(F)(F)F)cn2)cc1. The quantitative estimate of drug-likeness (QED) is 0.890. The molecule has 7 heteroatoms. The van der Waals surface area contributed by atoms with Crippen LogP contribution in [-0.2, 0) is 6.18 Å². The molecule has 2 rings (SSSR count). The van der Waals surface area contributed by atoms with E-state index in [9.17, 15) is 13.2 Å². The van der Waals surface area contributed by atoms with E-state index in [0.717, 1.165) is 12.3 Å². The van der Waals surface area contributed by atoms with Crippen LogP contribution in [-0.4, -0.2) is 18.1 Å². The molecule has 4 nitrogen and oxygen atoms in total. The number of anilines is 2. The van der Waals surface area contributed by atoms with Crippen molar-refractivity contribution in [1.82, 2.24) is 4.98 Å². The third kappa shape index (κ3) is 4.35. The number of nitrogens with one attached hydrogen (secondary N) is 1. The first-order chi connectivity index (χ1) is 9.99. The van der Waals surface area contributed by atoms with Crippen molar-refractivity contribution in [2.24, 2.45) is 5.73 Å². The summed E-state index contributed by atoms with van der Waals surface area (Å²) in [6.07, 6.45) is -3.59. The second kappa shape index (κ2) is 6.45. The summed E-state index contributed by atoms with van der Waals surface area (Å²) in [5.41, 5.74) is 5.24. The molecule has 2 aromatic rings. The molecule has 0 aliphatic heterocycles. The van der Waals surface area contributed by atoms with E-state index in [2.05, 4.69) is 10.3 Å². The second-order valence-electron chi connectivity index (χ2n) is 4.22. The fraction of sp³-hybridized carbons (Fsp3) is 0.214. The molecule has 112 valence electrons. The maximum atomic E-state index is 12.4. The molecule has 0 amide bonds. The molecule has 1 aromatic heterocycles. The van der Waals surface area contributed by atoms with E-state index in [-0.39, 0.29) is 0 Å². The van der Waals surface area contributed by atoms with Crippen molar-refractivity contribution < 1.29 is 17.9 Å². The minimum Gasteiger partial charge on any atom is -0.492 e. The van der Waals surface area contributed by atoms with Crippen LogP contribution in [0, 0.1) is 0 Å². The van der Waals surface area contributed by atoms with Gasteiger partial charge < -0.3 is 15.8 Å². The van der Waals surface area contributed by atoms with Gasteiger partial charge in [0.05, 0.1) is 5.56 Å². The third-order valence-corrected chi connectivity index (χ3v) is 2.60. The normalized spacial score (nSPS) is 11.2. The van der Waals surface area contributed by atoms with Crippen LogP contribution in [0.25, 0.3) is 0 Å². The lowest BCUT2D eigenvalue weighted by Crippen LogP contribution is -2.10. The number of alkyl halides is 3. The van der Waals surface area contributed by atoms with Crippen molar-refractivity contribution in [3.05, 3.63) is 48.2 Å². The second-order valence-corrected chi connectivity index (χ2v) is 4.22. The molecule has 3 N–H and O–H groups in total. The van der Waals surface area contributed by atoms with Crippen molar-refractivity contribution in [3.8, 4) is 5.75 Å². The predicted octanol–water partition coefficient (Wildman–Crippen LogP) is 3.18. The number of ether oxygens (including phenoxy) is 1. The zero-order valence-corrected chi connectivity index (χ0v) is 11.0. The van der Waals surface area contributed by atoms with Gasteiger partial charge in [-0.3, -0.25) is 0 Å². The Labute approximate surface area is 119 Å². The highest BCUT2D eigenvalue weighted by Gasteiger charge is 2.30. The van der Waals surface area contributed by atoms with Crippen LogP contribution >= 0.6 is 0 Å². The minimum absolute atomic E-state index is 0.332. The molecule has 0 bridgehead atoms. The molecule has 1 aromatic carbocycles. The molecule has 0 saturated heterocycles.